The van der Waals surface area contributed by atoms with E-state index in [1.54, 1.807) is 24.3 Å². The summed E-state index contributed by atoms with van der Waals surface area (Å²) >= 11 is 0. The molecule has 3 aromatic rings. The lowest BCUT2D eigenvalue weighted by Crippen LogP contribution is -2.38. The van der Waals surface area contributed by atoms with E-state index in [4.69, 9.17) is 4.98 Å². The second-order valence-electron chi connectivity index (χ2n) is 7.76. The van der Waals surface area contributed by atoms with Crippen molar-refractivity contribution in [1.29, 1.82) is 0 Å². The van der Waals surface area contributed by atoms with Gasteiger partial charge in [0.15, 0.2) is 5.82 Å². The largest absolute Gasteiger partial charge is 0.507 e. The van der Waals surface area contributed by atoms with Crippen LogP contribution in [0.1, 0.15) is 19.3 Å². The zero-order valence-corrected chi connectivity index (χ0v) is 17.0. The molecule has 2 aliphatic rings. The van der Waals surface area contributed by atoms with E-state index in [0.717, 1.165) is 19.3 Å². The summed E-state index contributed by atoms with van der Waals surface area (Å²) in [5.41, 5.74) is 1.14. The number of nitrogens with one attached hydrogen (secondary N) is 1. The average Bonchev–Trinajstić information content (AvgIpc) is 3.47. The highest BCUT2D eigenvalue weighted by Crippen LogP contribution is 2.33. The predicted molar refractivity (Wildman–Crippen MR) is 115 cm³/mol. The van der Waals surface area contributed by atoms with Crippen molar-refractivity contribution >= 4 is 35.0 Å². The number of phenols is 1. The smallest absolute Gasteiger partial charge is 0.223 e. The number of carbonyl (C=O) groups is 1. The van der Waals surface area contributed by atoms with E-state index in [-0.39, 0.29) is 41.8 Å². The van der Waals surface area contributed by atoms with Crippen molar-refractivity contribution in [3.63, 3.8) is 0 Å². The van der Waals surface area contributed by atoms with Crippen LogP contribution in [0, 0.1) is 11.7 Å². The average molecular weight is 429 g/mol. The lowest BCUT2D eigenvalue weighted by molar-refractivity contribution is -0.122. The maximum Gasteiger partial charge on any atom is 0.223 e. The topological polar surface area (TPSA) is 78.4 Å². The number of phenolic OH excluding ortho intramolecular Hbond substituents is 1. The molecule has 0 spiro atoms. The number of carbonyl (C=O) groups excluding carboxylic acids is 1. The van der Waals surface area contributed by atoms with Gasteiger partial charge in [-0.25, -0.2) is 14.4 Å². The molecular formula is C22H22ClFN4O2. The van der Waals surface area contributed by atoms with E-state index in [1.165, 1.54) is 12.1 Å². The Morgan fingerprint density at radius 2 is 1.93 bits per heavy atom. The molecular weight excluding hydrogens is 407 g/mol. The number of aromatic nitrogens is 2. The molecule has 156 valence electrons. The summed E-state index contributed by atoms with van der Waals surface area (Å²) in [6.45, 7) is 1.32. The second-order valence-corrected chi connectivity index (χ2v) is 7.76. The first-order valence-electron chi connectivity index (χ1n) is 9.89. The Hall–Kier alpha value is -2.93. The van der Waals surface area contributed by atoms with Crippen LogP contribution >= 0.6 is 12.4 Å². The van der Waals surface area contributed by atoms with Crippen LogP contribution in [0.4, 0.5) is 10.2 Å². The van der Waals surface area contributed by atoms with Crippen LogP contribution in [0.5, 0.6) is 5.75 Å². The van der Waals surface area contributed by atoms with Crippen LogP contribution in [0.15, 0.2) is 42.5 Å². The summed E-state index contributed by atoms with van der Waals surface area (Å²) in [6.07, 6.45) is 2.76. The van der Waals surface area contributed by atoms with Crippen molar-refractivity contribution in [2.24, 2.45) is 5.92 Å². The van der Waals surface area contributed by atoms with Crippen LogP contribution in [0.25, 0.3) is 22.3 Å². The Morgan fingerprint density at radius 3 is 2.70 bits per heavy atom. The number of fused-ring (bicyclic) bond motifs is 1. The number of nitrogens with zero attached hydrogens (tertiary/aromatic N) is 3. The molecule has 2 aromatic carbocycles. The summed E-state index contributed by atoms with van der Waals surface area (Å²) in [6, 6.07) is 11.4. The molecule has 1 atom stereocenters. The monoisotopic (exact) mass is 428 g/mol. The van der Waals surface area contributed by atoms with E-state index >= 15 is 0 Å². The minimum atomic E-state index is -0.351. The third-order valence-corrected chi connectivity index (χ3v) is 5.56. The Balaban J connectivity index is 0.00000218. The molecule has 2 N–H and O–H groups in total. The van der Waals surface area contributed by atoms with Crippen molar-refractivity contribution < 1.29 is 14.3 Å². The van der Waals surface area contributed by atoms with Crippen LogP contribution < -0.4 is 10.2 Å². The first-order chi connectivity index (χ1) is 14.1. The lowest BCUT2D eigenvalue weighted by Gasteiger charge is -2.21. The summed E-state index contributed by atoms with van der Waals surface area (Å²) in [7, 11) is 0. The highest BCUT2D eigenvalue weighted by molar-refractivity contribution is 5.91. The molecule has 2 fully saturated rings. The number of aromatic hydroxyl groups is 1. The molecule has 1 saturated carbocycles. The Labute approximate surface area is 179 Å². The number of hydrogen-bond donors (Lipinski definition) is 2. The Kier molecular flexibility index (Phi) is 5.47. The molecule has 1 saturated heterocycles. The highest BCUT2D eigenvalue weighted by Gasteiger charge is 2.33. The van der Waals surface area contributed by atoms with Crippen molar-refractivity contribution in [2.45, 2.75) is 25.3 Å². The molecule has 0 bridgehead atoms. The van der Waals surface area contributed by atoms with Gasteiger partial charge >= 0.3 is 0 Å². The first-order valence-corrected chi connectivity index (χ1v) is 9.89. The zero-order chi connectivity index (χ0) is 20.0. The normalized spacial score (nSPS) is 18.3. The van der Waals surface area contributed by atoms with Crippen LogP contribution in [0.3, 0.4) is 0 Å². The number of para-hydroxylation sites is 1. The van der Waals surface area contributed by atoms with Gasteiger partial charge in [0.1, 0.15) is 17.4 Å². The second kappa shape index (κ2) is 8.07. The zero-order valence-electron chi connectivity index (χ0n) is 16.2. The van der Waals surface area contributed by atoms with Gasteiger partial charge in [0.25, 0.3) is 0 Å². The molecule has 8 heteroatoms. The minimum absolute atomic E-state index is 0. The molecule has 2 heterocycles. The van der Waals surface area contributed by atoms with Crippen molar-refractivity contribution in [2.75, 3.05) is 18.0 Å². The van der Waals surface area contributed by atoms with Crippen LogP contribution in [-0.2, 0) is 4.79 Å². The third kappa shape index (κ3) is 3.89. The van der Waals surface area contributed by atoms with Crippen molar-refractivity contribution in [1.82, 2.24) is 15.3 Å². The molecule has 1 amide bonds. The fourth-order valence-corrected chi connectivity index (χ4v) is 3.84. The maximum absolute atomic E-state index is 14.0. The minimum Gasteiger partial charge on any atom is -0.507 e. The number of rotatable bonds is 4. The van der Waals surface area contributed by atoms with E-state index < -0.39 is 0 Å². The fourth-order valence-electron chi connectivity index (χ4n) is 3.84. The number of halogens is 2. The Morgan fingerprint density at radius 1 is 1.13 bits per heavy atom. The summed E-state index contributed by atoms with van der Waals surface area (Å²) in [5.74, 6) is 1.06. The summed E-state index contributed by atoms with van der Waals surface area (Å²) < 4.78 is 14.0. The van der Waals surface area contributed by atoms with Gasteiger partial charge in [-0.05, 0) is 49.6 Å². The summed E-state index contributed by atoms with van der Waals surface area (Å²) in [4.78, 5) is 23.4. The van der Waals surface area contributed by atoms with Gasteiger partial charge in [-0.3, -0.25) is 4.79 Å². The van der Waals surface area contributed by atoms with Gasteiger partial charge in [-0.15, -0.1) is 12.4 Å². The SMILES string of the molecule is Cl.O=C(N[C@@H]1CCN(c2nc(-c3ccccc3O)nc3ccc(F)cc23)C1)C1CC1. The van der Waals surface area contributed by atoms with Crippen molar-refractivity contribution in [3.05, 3.63) is 48.3 Å². The molecule has 5 rings (SSSR count). The number of amides is 1. The number of benzene rings is 2. The van der Waals surface area contributed by atoms with Gasteiger partial charge in [0.05, 0.1) is 11.1 Å². The molecule has 1 aliphatic carbocycles. The molecule has 30 heavy (non-hydrogen) atoms. The predicted octanol–water partition coefficient (Wildman–Crippen LogP) is 3.67. The Bertz CT molecular complexity index is 1110. The van der Waals surface area contributed by atoms with Gasteiger partial charge in [-0.1, -0.05) is 12.1 Å². The highest BCUT2D eigenvalue weighted by atomic mass is 35.5. The molecule has 1 aromatic heterocycles. The molecule has 1 aliphatic heterocycles. The van der Waals surface area contributed by atoms with Gasteiger partial charge < -0.3 is 15.3 Å². The quantitative estimate of drug-likeness (QED) is 0.663. The van der Waals surface area contributed by atoms with Gasteiger partial charge in [-0.2, -0.15) is 0 Å². The number of anilines is 1. The maximum atomic E-state index is 14.0. The fraction of sp³-hybridized carbons (Fsp3) is 0.318. The van der Waals surface area contributed by atoms with E-state index in [1.807, 2.05) is 6.07 Å². The molecule has 0 unspecified atom stereocenters. The van der Waals surface area contributed by atoms with Gasteiger partial charge in [0, 0.05) is 30.4 Å². The molecule has 6 nitrogen and oxygen atoms in total. The van der Waals surface area contributed by atoms with Crippen LogP contribution in [-0.4, -0.2) is 40.1 Å². The van der Waals surface area contributed by atoms with E-state index in [0.29, 0.717) is 41.2 Å². The summed E-state index contributed by atoms with van der Waals surface area (Å²) in [5, 5.41) is 14.0. The standard InChI is InChI=1S/C22H21FN4O2.ClH/c23-14-7-8-18-17(11-14)21(26-20(25-18)16-3-1-2-4-19(16)28)27-10-9-15(12-27)24-22(29)13-5-6-13;/h1-4,7-8,11,13,15,28H,5-6,9-10,12H2,(H,24,29);1H/t15-;/m1./s1. The van der Waals surface area contributed by atoms with Crippen LogP contribution in [0.2, 0.25) is 0 Å². The molecule has 0 radical (unpaired) electrons. The van der Waals surface area contributed by atoms with Crippen molar-refractivity contribution in [3.8, 4) is 17.1 Å². The third-order valence-electron chi connectivity index (χ3n) is 5.56. The van der Waals surface area contributed by atoms with Gasteiger partial charge in [0.2, 0.25) is 5.91 Å². The van der Waals surface area contributed by atoms with E-state index in [9.17, 15) is 14.3 Å². The number of hydrogen-bond acceptors (Lipinski definition) is 5. The van der Waals surface area contributed by atoms with E-state index in [2.05, 4.69) is 15.2 Å². The first kappa shape index (κ1) is 20.3. The lowest BCUT2D eigenvalue weighted by atomic mass is 10.1.